The van der Waals surface area contributed by atoms with Gasteiger partial charge < -0.3 is 14.4 Å². The average molecular weight is 362 g/mol. The van der Waals surface area contributed by atoms with Gasteiger partial charge in [0.15, 0.2) is 12.0 Å². The number of hydrogen-bond donors (Lipinski definition) is 2. The lowest BCUT2D eigenvalue weighted by molar-refractivity contribution is -0.0369. The number of rotatable bonds is 7. The molecule has 24 heavy (non-hydrogen) atoms. The molecule has 3 nitrogen and oxygen atoms in total. The largest absolute Gasteiger partial charge is 0.507 e. The number of hydrogen-bond acceptors (Lipinski definition) is 4. The number of phenols is 2. The van der Waals surface area contributed by atoms with Crippen molar-refractivity contribution < 1.29 is 27.6 Å². The van der Waals surface area contributed by atoms with Crippen LogP contribution in [0.3, 0.4) is 0 Å². The van der Waals surface area contributed by atoms with Crippen LogP contribution in [0.2, 0.25) is 0 Å². The number of alkyl halides is 3. The van der Waals surface area contributed by atoms with Crippen LogP contribution >= 0.6 is 12.0 Å². The molecular formula is C17H21F3O3S. The minimum Gasteiger partial charge on any atom is -0.507 e. The van der Waals surface area contributed by atoms with Crippen molar-refractivity contribution in [2.45, 2.75) is 45.5 Å². The minimum absolute atomic E-state index is 0.251. The molecule has 0 atom stereocenters. The van der Waals surface area contributed by atoms with Gasteiger partial charge in [0, 0.05) is 17.7 Å². The van der Waals surface area contributed by atoms with E-state index in [0.29, 0.717) is 0 Å². The molecule has 7 heteroatoms. The lowest BCUT2D eigenvalue weighted by atomic mass is 10.0. The summed E-state index contributed by atoms with van der Waals surface area (Å²) in [5.41, 5.74) is -1.97. The molecule has 2 N–H and O–H groups in total. The van der Waals surface area contributed by atoms with E-state index in [1.54, 1.807) is 0 Å². The van der Waals surface area contributed by atoms with Crippen LogP contribution in [0.4, 0.5) is 13.2 Å². The third kappa shape index (κ3) is 7.68. The van der Waals surface area contributed by atoms with E-state index in [4.69, 9.17) is 0 Å². The molecular weight excluding hydrogens is 341 g/mol. The highest BCUT2D eigenvalue weighted by Gasteiger charge is 2.31. The minimum atomic E-state index is -4.56. The number of allylic oxidation sites excluding steroid dienone is 4. The standard InChI is InChI=1S/C17H21F3O3S/c1-11(2)5-4-6-12(3)7-8-14-15(21)9-13(10-16(14)22)23-24-17(18,19)20/h5,7,9-10,21-22H,4,6,8H2,1-3H3/b12-7+. The van der Waals surface area contributed by atoms with Crippen LogP contribution in [0.1, 0.15) is 39.2 Å². The fourth-order valence-corrected chi connectivity index (χ4v) is 2.22. The van der Waals surface area contributed by atoms with Gasteiger partial charge in [-0.05, 0) is 40.0 Å². The van der Waals surface area contributed by atoms with Crippen molar-refractivity contribution in [2.24, 2.45) is 0 Å². The predicted octanol–water partition coefficient (Wildman–Crippen LogP) is 5.88. The molecule has 0 aliphatic heterocycles. The van der Waals surface area contributed by atoms with Gasteiger partial charge in [0.1, 0.15) is 17.2 Å². The second-order valence-electron chi connectivity index (χ2n) is 5.63. The average Bonchev–Trinajstić information content (AvgIpc) is 2.43. The van der Waals surface area contributed by atoms with Gasteiger partial charge in [0.2, 0.25) is 0 Å². The summed E-state index contributed by atoms with van der Waals surface area (Å²) in [6, 6.07) is 2.11. The predicted molar refractivity (Wildman–Crippen MR) is 90.2 cm³/mol. The van der Waals surface area contributed by atoms with Crippen molar-refractivity contribution in [1.82, 2.24) is 0 Å². The molecule has 0 heterocycles. The summed E-state index contributed by atoms with van der Waals surface area (Å²) in [4.78, 5) is 0. The second kappa shape index (κ2) is 8.92. The second-order valence-corrected chi connectivity index (χ2v) is 6.42. The molecule has 0 bridgehead atoms. The summed E-state index contributed by atoms with van der Waals surface area (Å²) < 4.78 is 40.7. The topological polar surface area (TPSA) is 49.7 Å². The Kier molecular flexibility index (Phi) is 7.54. The number of benzene rings is 1. The molecule has 0 unspecified atom stereocenters. The van der Waals surface area contributed by atoms with Crippen LogP contribution in [-0.2, 0) is 6.42 Å². The maximum Gasteiger partial charge on any atom is 0.479 e. The SMILES string of the molecule is CC(C)=CCC/C(C)=C/Cc1c(O)cc(OSC(F)(F)F)cc1O. The molecule has 0 aromatic heterocycles. The summed E-state index contributed by atoms with van der Waals surface area (Å²) in [6.07, 6.45) is 6.04. The molecule has 134 valence electrons. The Hall–Kier alpha value is -1.76. The lowest BCUT2D eigenvalue weighted by Crippen LogP contribution is -2.02. The van der Waals surface area contributed by atoms with E-state index >= 15 is 0 Å². The van der Waals surface area contributed by atoms with E-state index in [1.165, 1.54) is 5.57 Å². The summed E-state index contributed by atoms with van der Waals surface area (Å²) in [6.45, 7) is 6.00. The third-order valence-corrected chi connectivity index (χ3v) is 3.62. The van der Waals surface area contributed by atoms with Crippen LogP contribution in [0.5, 0.6) is 17.2 Å². The Morgan fingerprint density at radius 2 is 1.71 bits per heavy atom. The van der Waals surface area contributed by atoms with Gasteiger partial charge in [-0.25, -0.2) is 0 Å². The van der Waals surface area contributed by atoms with E-state index in [1.807, 2.05) is 26.8 Å². The maximum atomic E-state index is 12.1. The van der Waals surface area contributed by atoms with Crippen molar-refractivity contribution in [1.29, 1.82) is 0 Å². The molecule has 1 rings (SSSR count). The van der Waals surface area contributed by atoms with Crippen LogP contribution in [0.15, 0.2) is 35.4 Å². The van der Waals surface area contributed by atoms with Gasteiger partial charge in [-0.1, -0.05) is 23.3 Å². The quantitative estimate of drug-likeness (QED) is 0.470. The Morgan fingerprint density at radius 1 is 1.12 bits per heavy atom. The summed E-state index contributed by atoms with van der Waals surface area (Å²) >= 11 is -0.700. The van der Waals surface area contributed by atoms with E-state index in [2.05, 4.69) is 10.3 Å². The van der Waals surface area contributed by atoms with Gasteiger partial charge in [0.25, 0.3) is 0 Å². The normalized spacial score (nSPS) is 12.2. The van der Waals surface area contributed by atoms with Gasteiger partial charge in [-0.2, -0.15) is 13.2 Å². The fraction of sp³-hybridized carbons (Fsp3) is 0.412. The Labute approximate surface area is 144 Å². The highest BCUT2D eigenvalue weighted by Crippen LogP contribution is 2.38. The van der Waals surface area contributed by atoms with Gasteiger partial charge >= 0.3 is 5.51 Å². The number of halogens is 3. The van der Waals surface area contributed by atoms with Crippen LogP contribution < -0.4 is 4.18 Å². The van der Waals surface area contributed by atoms with Crippen LogP contribution in [0, 0.1) is 0 Å². The first-order valence-electron chi connectivity index (χ1n) is 7.34. The first-order valence-corrected chi connectivity index (χ1v) is 8.09. The third-order valence-electron chi connectivity index (χ3n) is 3.15. The molecule has 1 aromatic carbocycles. The molecule has 0 saturated heterocycles. The highest BCUT2D eigenvalue weighted by molar-refractivity contribution is 7.95. The van der Waals surface area contributed by atoms with Crippen LogP contribution in [-0.4, -0.2) is 15.7 Å². The van der Waals surface area contributed by atoms with Crippen molar-refractivity contribution in [3.8, 4) is 17.2 Å². The van der Waals surface area contributed by atoms with E-state index in [0.717, 1.165) is 30.5 Å². The molecule has 0 spiro atoms. The Bertz CT molecular complexity index is 595. The van der Waals surface area contributed by atoms with E-state index in [9.17, 15) is 23.4 Å². The molecule has 0 fully saturated rings. The summed E-state index contributed by atoms with van der Waals surface area (Å²) in [7, 11) is 0. The zero-order valence-electron chi connectivity index (χ0n) is 13.8. The maximum absolute atomic E-state index is 12.1. The van der Waals surface area contributed by atoms with Gasteiger partial charge in [0.05, 0.1) is 0 Å². The lowest BCUT2D eigenvalue weighted by Gasteiger charge is -2.10. The van der Waals surface area contributed by atoms with Crippen molar-refractivity contribution in [3.05, 3.63) is 41.0 Å². The van der Waals surface area contributed by atoms with Gasteiger partial charge in [-0.15, -0.1) is 0 Å². The van der Waals surface area contributed by atoms with Crippen molar-refractivity contribution >= 4 is 12.0 Å². The van der Waals surface area contributed by atoms with Crippen LogP contribution in [0.25, 0.3) is 0 Å². The fourth-order valence-electron chi connectivity index (χ4n) is 1.94. The summed E-state index contributed by atoms with van der Waals surface area (Å²) in [5, 5.41) is 19.8. The first-order chi connectivity index (χ1) is 11.1. The zero-order chi connectivity index (χ0) is 18.3. The zero-order valence-corrected chi connectivity index (χ0v) is 14.6. The molecule has 0 aliphatic carbocycles. The van der Waals surface area contributed by atoms with Crippen molar-refractivity contribution in [3.63, 3.8) is 0 Å². The highest BCUT2D eigenvalue weighted by atomic mass is 32.2. The van der Waals surface area contributed by atoms with Crippen molar-refractivity contribution in [2.75, 3.05) is 0 Å². The smallest absolute Gasteiger partial charge is 0.479 e. The molecule has 0 radical (unpaired) electrons. The first kappa shape index (κ1) is 20.3. The molecule has 0 aliphatic rings. The van der Waals surface area contributed by atoms with E-state index in [-0.39, 0.29) is 29.2 Å². The number of aromatic hydroxyl groups is 2. The molecule has 1 aromatic rings. The molecule has 0 amide bonds. The Balaban J connectivity index is 2.74. The summed E-state index contributed by atoms with van der Waals surface area (Å²) in [5.74, 6) is -0.873. The van der Waals surface area contributed by atoms with E-state index < -0.39 is 17.6 Å². The number of phenolic OH excluding ortho intramolecular Hbond substituents is 2. The molecule has 0 saturated carbocycles. The monoisotopic (exact) mass is 362 g/mol. The van der Waals surface area contributed by atoms with Gasteiger partial charge in [-0.3, -0.25) is 0 Å². The Morgan fingerprint density at radius 3 is 2.21 bits per heavy atom.